The summed E-state index contributed by atoms with van der Waals surface area (Å²) in [6.45, 7) is 4.58. The zero-order valence-corrected chi connectivity index (χ0v) is 17.5. The van der Waals surface area contributed by atoms with Crippen molar-refractivity contribution < 1.29 is 9.69 Å². The molecule has 1 fully saturated rings. The maximum absolute atomic E-state index is 12.5. The van der Waals surface area contributed by atoms with Crippen molar-refractivity contribution in [2.75, 3.05) is 19.6 Å². The lowest BCUT2D eigenvalue weighted by Gasteiger charge is -2.28. The van der Waals surface area contributed by atoms with E-state index in [-0.39, 0.29) is 11.9 Å². The molecule has 0 bridgehead atoms. The van der Waals surface area contributed by atoms with Gasteiger partial charge >= 0.3 is 0 Å². The quantitative estimate of drug-likeness (QED) is 0.670. The number of thiazole rings is 1. The highest BCUT2D eigenvalue weighted by molar-refractivity contribution is 7.18. The Balaban J connectivity index is 1.27. The number of nitrogens with zero attached hydrogens (tertiary/aromatic N) is 1. The molecule has 3 aromatic rings. The van der Waals surface area contributed by atoms with E-state index in [1.165, 1.54) is 14.6 Å². The Bertz CT molecular complexity index is 915. The van der Waals surface area contributed by atoms with E-state index in [0.29, 0.717) is 17.5 Å². The van der Waals surface area contributed by atoms with Gasteiger partial charge in [-0.3, -0.25) is 4.79 Å². The van der Waals surface area contributed by atoms with Crippen molar-refractivity contribution in [2.45, 2.75) is 31.7 Å². The van der Waals surface area contributed by atoms with Gasteiger partial charge in [0.15, 0.2) is 6.54 Å². The molecule has 1 aliphatic rings. The lowest BCUT2D eigenvalue weighted by atomic mass is 9.97. The van der Waals surface area contributed by atoms with Gasteiger partial charge < -0.3 is 10.2 Å². The molecule has 1 aromatic heterocycles. The Morgan fingerprint density at radius 1 is 1.21 bits per heavy atom. The fourth-order valence-corrected chi connectivity index (χ4v) is 5.13. The molecular weight excluding hydrogens is 390 g/mol. The maximum Gasteiger partial charge on any atom is 0.275 e. The number of benzene rings is 2. The van der Waals surface area contributed by atoms with Gasteiger partial charge in [-0.15, -0.1) is 11.3 Å². The Morgan fingerprint density at radius 2 is 1.93 bits per heavy atom. The van der Waals surface area contributed by atoms with E-state index in [0.717, 1.165) is 37.0 Å². The van der Waals surface area contributed by atoms with Crippen LogP contribution in [-0.4, -0.2) is 30.5 Å². The third-order valence-electron chi connectivity index (χ3n) is 5.51. The summed E-state index contributed by atoms with van der Waals surface area (Å²) in [6.07, 6.45) is 2.18. The van der Waals surface area contributed by atoms with Crippen molar-refractivity contribution in [3.63, 3.8) is 0 Å². The number of quaternary nitrogens is 1. The standard InChI is InChI=1S/C22H24ClN3OS/c1-15(16-6-8-18(23)9-7-16)24-21(27)14-26-12-10-17(11-13-26)22-25-19-4-2-3-5-20(19)28-22/h2-9,15,17H,10-14H2,1H3,(H,24,27)/p+1/t15-/m1/s1. The molecular formula is C22H25ClN3OS+. The molecule has 2 aromatic carbocycles. The first kappa shape index (κ1) is 19.4. The van der Waals surface area contributed by atoms with Gasteiger partial charge in [0.05, 0.1) is 34.4 Å². The molecule has 146 valence electrons. The molecule has 28 heavy (non-hydrogen) atoms. The number of rotatable bonds is 5. The van der Waals surface area contributed by atoms with Crippen molar-refractivity contribution in [2.24, 2.45) is 0 Å². The third-order valence-corrected chi connectivity index (χ3v) is 6.96. The van der Waals surface area contributed by atoms with E-state index in [2.05, 4.69) is 23.5 Å². The van der Waals surface area contributed by atoms with Crippen molar-refractivity contribution in [1.82, 2.24) is 10.3 Å². The van der Waals surface area contributed by atoms with Crippen LogP contribution >= 0.6 is 22.9 Å². The predicted octanol–water partition coefficient (Wildman–Crippen LogP) is 3.59. The molecule has 6 heteroatoms. The molecule has 2 heterocycles. The zero-order valence-electron chi connectivity index (χ0n) is 16.0. The summed E-state index contributed by atoms with van der Waals surface area (Å²) in [5, 5.41) is 5.07. The number of hydrogen-bond donors (Lipinski definition) is 2. The van der Waals surface area contributed by atoms with Crippen molar-refractivity contribution >= 4 is 39.1 Å². The van der Waals surface area contributed by atoms with E-state index in [1.54, 1.807) is 0 Å². The summed E-state index contributed by atoms with van der Waals surface area (Å²) >= 11 is 7.75. The fraction of sp³-hybridized carbons (Fsp3) is 0.364. The molecule has 0 aliphatic carbocycles. The number of para-hydroxylation sites is 1. The molecule has 0 unspecified atom stereocenters. The zero-order chi connectivity index (χ0) is 19.5. The Labute approximate surface area is 174 Å². The molecule has 1 amide bonds. The summed E-state index contributed by atoms with van der Waals surface area (Å²) in [4.78, 5) is 18.6. The summed E-state index contributed by atoms with van der Waals surface area (Å²) in [6, 6.07) is 16.0. The number of amides is 1. The molecule has 1 atom stereocenters. The van der Waals surface area contributed by atoms with E-state index < -0.39 is 0 Å². The highest BCUT2D eigenvalue weighted by Gasteiger charge is 2.27. The monoisotopic (exact) mass is 414 g/mol. The summed E-state index contributed by atoms with van der Waals surface area (Å²) < 4.78 is 1.27. The average molecular weight is 415 g/mol. The Kier molecular flexibility index (Phi) is 5.95. The maximum atomic E-state index is 12.5. The molecule has 2 N–H and O–H groups in total. The lowest BCUT2D eigenvalue weighted by molar-refractivity contribution is -0.897. The number of fused-ring (bicyclic) bond motifs is 1. The van der Waals surface area contributed by atoms with E-state index in [1.807, 2.05) is 48.6 Å². The van der Waals surface area contributed by atoms with Crippen LogP contribution < -0.4 is 10.2 Å². The number of nitrogens with one attached hydrogen (secondary N) is 2. The molecule has 0 saturated carbocycles. The Hall–Kier alpha value is -1.95. The molecule has 1 saturated heterocycles. The van der Waals surface area contributed by atoms with E-state index in [4.69, 9.17) is 16.6 Å². The topological polar surface area (TPSA) is 46.4 Å². The SMILES string of the molecule is C[C@@H](NC(=O)C[NH+]1CCC(c2nc3ccccc3s2)CC1)c1ccc(Cl)cc1. The highest BCUT2D eigenvalue weighted by Crippen LogP contribution is 2.31. The second-order valence-corrected chi connectivity index (χ2v) is 9.06. The first-order valence-electron chi connectivity index (χ1n) is 9.82. The minimum Gasteiger partial charge on any atom is -0.345 e. The Morgan fingerprint density at radius 3 is 2.64 bits per heavy atom. The van der Waals surface area contributed by atoms with Gasteiger partial charge in [-0.1, -0.05) is 35.9 Å². The number of carbonyl (C=O) groups excluding carboxylic acids is 1. The van der Waals surface area contributed by atoms with Crippen LogP contribution in [0.2, 0.25) is 5.02 Å². The second-order valence-electron chi connectivity index (χ2n) is 7.56. The van der Waals surface area contributed by atoms with Crippen LogP contribution in [0.5, 0.6) is 0 Å². The smallest absolute Gasteiger partial charge is 0.275 e. The number of halogens is 1. The number of likely N-dealkylation sites (tertiary alicyclic amines) is 1. The van der Waals surface area contributed by atoms with Crippen LogP contribution in [0.4, 0.5) is 0 Å². The summed E-state index contributed by atoms with van der Waals surface area (Å²) in [7, 11) is 0. The summed E-state index contributed by atoms with van der Waals surface area (Å²) in [5.41, 5.74) is 2.18. The van der Waals surface area contributed by atoms with Gasteiger partial charge in [0.1, 0.15) is 0 Å². The van der Waals surface area contributed by atoms with Crippen LogP contribution in [0.3, 0.4) is 0 Å². The van der Waals surface area contributed by atoms with Crippen LogP contribution in [0, 0.1) is 0 Å². The van der Waals surface area contributed by atoms with Gasteiger partial charge in [-0.05, 0) is 36.8 Å². The molecule has 1 aliphatic heterocycles. The minimum atomic E-state index is -0.00976. The largest absolute Gasteiger partial charge is 0.345 e. The van der Waals surface area contributed by atoms with Gasteiger partial charge in [-0.25, -0.2) is 4.98 Å². The predicted molar refractivity (Wildman–Crippen MR) is 115 cm³/mol. The number of carbonyl (C=O) groups is 1. The fourth-order valence-electron chi connectivity index (χ4n) is 3.87. The van der Waals surface area contributed by atoms with E-state index in [9.17, 15) is 4.79 Å². The van der Waals surface area contributed by atoms with Crippen molar-refractivity contribution in [1.29, 1.82) is 0 Å². The number of hydrogen-bond acceptors (Lipinski definition) is 3. The highest BCUT2D eigenvalue weighted by atomic mass is 35.5. The molecule has 4 nitrogen and oxygen atoms in total. The normalized spacial score (nSPS) is 20.8. The van der Waals surface area contributed by atoms with E-state index >= 15 is 0 Å². The lowest BCUT2D eigenvalue weighted by Crippen LogP contribution is -3.14. The number of aromatic nitrogens is 1. The van der Waals surface area contributed by atoms with Gasteiger partial charge in [0.25, 0.3) is 5.91 Å². The van der Waals surface area contributed by atoms with Gasteiger partial charge in [0, 0.05) is 23.8 Å². The van der Waals surface area contributed by atoms with Crippen LogP contribution in [0.25, 0.3) is 10.2 Å². The number of piperidine rings is 1. The van der Waals surface area contributed by atoms with Crippen molar-refractivity contribution in [3.05, 3.63) is 64.1 Å². The van der Waals surface area contributed by atoms with Crippen LogP contribution in [-0.2, 0) is 4.79 Å². The minimum absolute atomic E-state index is 0.00976. The van der Waals surface area contributed by atoms with Crippen LogP contribution in [0.15, 0.2) is 48.5 Å². The first-order chi connectivity index (χ1) is 13.6. The molecule has 0 spiro atoms. The van der Waals surface area contributed by atoms with Crippen LogP contribution in [0.1, 0.15) is 42.3 Å². The van der Waals surface area contributed by atoms with Crippen molar-refractivity contribution in [3.8, 4) is 0 Å². The van der Waals surface area contributed by atoms with Gasteiger partial charge in [0.2, 0.25) is 0 Å². The summed E-state index contributed by atoms with van der Waals surface area (Å²) in [5.74, 6) is 0.632. The molecule has 4 rings (SSSR count). The first-order valence-corrected chi connectivity index (χ1v) is 11.0. The second kappa shape index (κ2) is 8.60. The molecule has 0 radical (unpaired) electrons. The third kappa shape index (κ3) is 4.54. The average Bonchev–Trinajstić information content (AvgIpc) is 3.13. The van der Waals surface area contributed by atoms with Gasteiger partial charge in [-0.2, -0.15) is 0 Å².